The van der Waals surface area contributed by atoms with Crippen molar-refractivity contribution >= 4 is 17.0 Å². The van der Waals surface area contributed by atoms with Crippen LogP contribution in [0.4, 0.5) is 5.69 Å². The second-order valence-corrected chi connectivity index (χ2v) is 6.43. The number of thiophene rings is 1. The highest BCUT2D eigenvalue weighted by Gasteiger charge is 2.29. The average Bonchev–Trinajstić information content (AvgIpc) is 3.21. The minimum atomic E-state index is 0.0516. The minimum Gasteiger partial charge on any atom is -0.362 e. The van der Waals surface area contributed by atoms with Crippen LogP contribution in [0.5, 0.6) is 0 Å². The zero-order chi connectivity index (χ0) is 13.9. The molecule has 0 amide bonds. The molecule has 2 aromatic heterocycles. The number of hydrogen-bond donors (Lipinski definition) is 1. The fourth-order valence-corrected chi connectivity index (χ4v) is 3.09. The van der Waals surface area contributed by atoms with Crippen molar-refractivity contribution in [3.05, 3.63) is 46.4 Å². The molecule has 106 valence electrons. The molecule has 2 heterocycles. The average molecular weight is 287 g/mol. The van der Waals surface area contributed by atoms with Crippen LogP contribution in [-0.2, 0) is 6.54 Å². The van der Waals surface area contributed by atoms with Crippen molar-refractivity contribution in [1.82, 2.24) is 4.98 Å². The van der Waals surface area contributed by atoms with E-state index in [0.717, 1.165) is 18.7 Å². The number of rotatable bonds is 6. The van der Waals surface area contributed by atoms with Crippen molar-refractivity contribution in [1.29, 1.82) is 0 Å². The van der Waals surface area contributed by atoms with E-state index in [1.807, 2.05) is 17.5 Å². The molecule has 0 unspecified atom stereocenters. The summed E-state index contributed by atoms with van der Waals surface area (Å²) in [6, 6.07) is 9.30. The molecule has 0 aliphatic heterocycles. The Balaban J connectivity index is 1.77. The third-order valence-corrected chi connectivity index (χ3v) is 4.68. The van der Waals surface area contributed by atoms with Gasteiger partial charge in [-0.1, -0.05) is 13.0 Å². The molecular formula is C16H21N3S. The highest BCUT2D eigenvalue weighted by molar-refractivity contribution is 7.09. The summed E-state index contributed by atoms with van der Waals surface area (Å²) in [7, 11) is 0. The van der Waals surface area contributed by atoms with Crippen LogP contribution in [0.3, 0.4) is 0 Å². The van der Waals surface area contributed by atoms with Crippen LogP contribution < -0.4 is 10.6 Å². The van der Waals surface area contributed by atoms with Gasteiger partial charge in [0.15, 0.2) is 0 Å². The first-order valence-corrected chi connectivity index (χ1v) is 8.16. The number of anilines is 1. The van der Waals surface area contributed by atoms with E-state index in [1.54, 1.807) is 0 Å². The molecule has 2 aromatic rings. The van der Waals surface area contributed by atoms with Gasteiger partial charge < -0.3 is 10.6 Å². The molecule has 1 fully saturated rings. The summed E-state index contributed by atoms with van der Waals surface area (Å²) in [6.07, 6.45) is 5.49. The van der Waals surface area contributed by atoms with Gasteiger partial charge in [-0.3, -0.25) is 4.98 Å². The van der Waals surface area contributed by atoms with Gasteiger partial charge in [-0.25, -0.2) is 0 Å². The molecular weight excluding hydrogens is 266 g/mol. The van der Waals surface area contributed by atoms with E-state index in [0.29, 0.717) is 6.04 Å². The third-order valence-electron chi connectivity index (χ3n) is 3.82. The Morgan fingerprint density at radius 3 is 2.80 bits per heavy atom. The standard InChI is InChI=1S/C16H21N3S/c1-2-15(17)16-8-7-13(10-18-16)19(12-5-6-12)11-14-4-3-9-20-14/h3-4,7-10,12,15H,2,5-6,11,17H2,1H3/t15-/m0/s1. The van der Waals surface area contributed by atoms with Crippen LogP contribution in [0.1, 0.15) is 42.8 Å². The van der Waals surface area contributed by atoms with E-state index in [-0.39, 0.29) is 6.04 Å². The van der Waals surface area contributed by atoms with E-state index in [2.05, 4.69) is 46.5 Å². The maximum atomic E-state index is 6.03. The molecule has 2 N–H and O–H groups in total. The SMILES string of the molecule is CC[C@H](N)c1ccc(N(Cc2cccs2)C2CC2)cn1. The lowest BCUT2D eigenvalue weighted by Crippen LogP contribution is -2.24. The normalized spacial score (nSPS) is 16.1. The molecule has 0 bridgehead atoms. The first-order chi connectivity index (χ1) is 9.78. The fraction of sp³-hybridized carbons (Fsp3) is 0.438. The molecule has 0 radical (unpaired) electrons. The first-order valence-electron chi connectivity index (χ1n) is 7.28. The molecule has 3 nitrogen and oxygen atoms in total. The van der Waals surface area contributed by atoms with Gasteiger partial charge in [0, 0.05) is 17.0 Å². The molecule has 3 rings (SSSR count). The van der Waals surface area contributed by atoms with E-state index < -0.39 is 0 Å². The predicted octanol–water partition coefficient (Wildman–Crippen LogP) is 3.72. The minimum absolute atomic E-state index is 0.0516. The van der Waals surface area contributed by atoms with Gasteiger partial charge in [-0.05, 0) is 42.8 Å². The summed E-state index contributed by atoms with van der Waals surface area (Å²) < 4.78 is 0. The summed E-state index contributed by atoms with van der Waals surface area (Å²) in [5.41, 5.74) is 8.23. The maximum absolute atomic E-state index is 6.03. The zero-order valence-electron chi connectivity index (χ0n) is 11.8. The highest BCUT2D eigenvalue weighted by Crippen LogP contribution is 2.33. The van der Waals surface area contributed by atoms with Gasteiger partial charge in [-0.2, -0.15) is 0 Å². The Bertz CT molecular complexity index is 531. The molecule has 1 aliphatic rings. The summed E-state index contributed by atoms with van der Waals surface area (Å²) in [4.78, 5) is 8.43. The van der Waals surface area contributed by atoms with Crippen molar-refractivity contribution in [3.8, 4) is 0 Å². The molecule has 1 saturated carbocycles. The lowest BCUT2D eigenvalue weighted by molar-refractivity contribution is 0.674. The molecule has 4 heteroatoms. The summed E-state index contributed by atoms with van der Waals surface area (Å²) in [5.74, 6) is 0. The molecule has 20 heavy (non-hydrogen) atoms. The fourth-order valence-electron chi connectivity index (χ4n) is 2.38. The van der Waals surface area contributed by atoms with Crippen molar-refractivity contribution in [2.75, 3.05) is 4.90 Å². The number of pyridine rings is 1. The predicted molar refractivity (Wildman–Crippen MR) is 85.0 cm³/mol. The van der Waals surface area contributed by atoms with E-state index >= 15 is 0 Å². The van der Waals surface area contributed by atoms with Crippen LogP contribution in [0.15, 0.2) is 35.8 Å². The van der Waals surface area contributed by atoms with Crippen LogP contribution >= 0.6 is 11.3 Å². The Hall–Kier alpha value is -1.39. The third kappa shape index (κ3) is 3.02. The molecule has 1 aliphatic carbocycles. The summed E-state index contributed by atoms with van der Waals surface area (Å²) in [6.45, 7) is 3.08. The van der Waals surface area contributed by atoms with Crippen LogP contribution in [0, 0.1) is 0 Å². The number of aromatic nitrogens is 1. The summed E-state index contributed by atoms with van der Waals surface area (Å²) >= 11 is 1.82. The van der Waals surface area contributed by atoms with Crippen molar-refractivity contribution < 1.29 is 0 Å². The largest absolute Gasteiger partial charge is 0.362 e. The van der Waals surface area contributed by atoms with Gasteiger partial charge >= 0.3 is 0 Å². The number of hydrogen-bond acceptors (Lipinski definition) is 4. The second-order valence-electron chi connectivity index (χ2n) is 5.39. The number of nitrogens with zero attached hydrogens (tertiary/aromatic N) is 2. The van der Waals surface area contributed by atoms with E-state index in [9.17, 15) is 0 Å². The van der Waals surface area contributed by atoms with Crippen molar-refractivity contribution in [2.24, 2.45) is 5.73 Å². The second kappa shape index (κ2) is 5.94. The maximum Gasteiger partial charge on any atom is 0.0572 e. The topological polar surface area (TPSA) is 42.1 Å². The van der Waals surface area contributed by atoms with Crippen LogP contribution in [0.25, 0.3) is 0 Å². The Labute approximate surface area is 124 Å². The Morgan fingerprint density at radius 2 is 2.25 bits per heavy atom. The Kier molecular flexibility index (Phi) is 4.03. The smallest absolute Gasteiger partial charge is 0.0572 e. The Morgan fingerprint density at radius 1 is 1.40 bits per heavy atom. The zero-order valence-corrected chi connectivity index (χ0v) is 12.6. The van der Waals surface area contributed by atoms with E-state index in [4.69, 9.17) is 5.73 Å². The lowest BCUT2D eigenvalue weighted by Gasteiger charge is -2.24. The monoisotopic (exact) mass is 287 g/mol. The van der Waals surface area contributed by atoms with Gasteiger partial charge in [0.1, 0.15) is 0 Å². The quantitative estimate of drug-likeness (QED) is 0.880. The van der Waals surface area contributed by atoms with Crippen molar-refractivity contribution in [3.63, 3.8) is 0 Å². The summed E-state index contributed by atoms with van der Waals surface area (Å²) in [5, 5.41) is 2.14. The van der Waals surface area contributed by atoms with Crippen molar-refractivity contribution in [2.45, 2.75) is 44.8 Å². The van der Waals surface area contributed by atoms with Crippen LogP contribution in [0.2, 0.25) is 0 Å². The first kappa shape index (κ1) is 13.6. The highest BCUT2D eigenvalue weighted by atomic mass is 32.1. The lowest BCUT2D eigenvalue weighted by atomic mass is 10.1. The van der Waals surface area contributed by atoms with E-state index in [1.165, 1.54) is 23.4 Å². The van der Waals surface area contributed by atoms with Gasteiger partial charge in [0.25, 0.3) is 0 Å². The molecule has 0 saturated heterocycles. The molecule has 0 spiro atoms. The van der Waals surface area contributed by atoms with Crippen LogP contribution in [-0.4, -0.2) is 11.0 Å². The molecule has 1 atom stereocenters. The van der Waals surface area contributed by atoms with Gasteiger partial charge in [0.2, 0.25) is 0 Å². The van der Waals surface area contributed by atoms with Gasteiger partial charge in [-0.15, -0.1) is 11.3 Å². The number of nitrogens with two attached hydrogens (primary N) is 1. The molecule has 0 aromatic carbocycles. The van der Waals surface area contributed by atoms with Gasteiger partial charge in [0.05, 0.1) is 24.1 Å².